The molecular weight excluding hydrogens is 276 g/mol. The molecule has 1 saturated heterocycles. The molecule has 1 aliphatic heterocycles. The summed E-state index contributed by atoms with van der Waals surface area (Å²) in [5, 5.41) is 6.69. The van der Waals surface area contributed by atoms with Crippen molar-refractivity contribution in [3.8, 4) is 0 Å². The van der Waals surface area contributed by atoms with Crippen LogP contribution in [0.4, 0.5) is 5.69 Å². The average molecular weight is 296 g/mol. The molecule has 1 heterocycles. The SMILES string of the molecule is CNc1ccc(C(=O)NCC2CSCCS2)c(C)c1. The topological polar surface area (TPSA) is 41.1 Å². The molecule has 0 aliphatic carbocycles. The summed E-state index contributed by atoms with van der Waals surface area (Å²) in [7, 11) is 1.88. The van der Waals surface area contributed by atoms with Crippen molar-refractivity contribution < 1.29 is 4.79 Å². The molecule has 0 saturated carbocycles. The van der Waals surface area contributed by atoms with Gasteiger partial charge in [0.2, 0.25) is 0 Å². The van der Waals surface area contributed by atoms with Crippen molar-refractivity contribution in [2.75, 3.05) is 36.2 Å². The van der Waals surface area contributed by atoms with Gasteiger partial charge in [0.05, 0.1) is 0 Å². The van der Waals surface area contributed by atoms with E-state index in [4.69, 9.17) is 0 Å². The van der Waals surface area contributed by atoms with E-state index in [-0.39, 0.29) is 5.91 Å². The van der Waals surface area contributed by atoms with Gasteiger partial charge in [0.15, 0.2) is 0 Å². The van der Waals surface area contributed by atoms with Crippen LogP contribution < -0.4 is 10.6 Å². The van der Waals surface area contributed by atoms with Crippen LogP contribution in [0.25, 0.3) is 0 Å². The van der Waals surface area contributed by atoms with Gasteiger partial charge in [-0.2, -0.15) is 23.5 Å². The summed E-state index contributed by atoms with van der Waals surface area (Å²) in [6, 6.07) is 5.83. The maximum Gasteiger partial charge on any atom is 0.251 e. The Balaban J connectivity index is 1.92. The lowest BCUT2D eigenvalue weighted by Gasteiger charge is -2.21. The number of rotatable bonds is 4. The van der Waals surface area contributed by atoms with Crippen LogP contribution in [0.1, 0.15) is 15.9 Å². The summed E-state index contributed by atoms with van der Waals surface area (Å²) in [4.78, 5) is 12.2. The third kappa shape index (κ3) is 4.08. The summed E-state index contributed by atoms with van der Waals surface area (Å²) < 4.78 is 0. The van der Waals surface area contributed by atoms with Crippen molar-refractivity contribution in [1.82, 2.24) is 5.32 Å². The zero-order valence-electron chi connectivity index (χ0n) is 11.4. The molecule has 0 spiro atoms. The third-order valence-corrected chi connectivity index (χ3v) is 5.98. The molecule has 0 radical (unpaired) electrons. The second-order valence-corrected chi connectivity index (χ2v) is 7.12. The molecule has 1 amide bonds. The summed E-state index contributed by atoms with van der Waals surface area (Å²) in [6.45, 7) is 2.74. The lowest BCUT2D eigenvalue weighted by molar-refractivity contribution is 0.0953. The van der Waals surface area contributed by atoms with Crippen LogP contribution in [0, 0.1) is 6.92 Å². The Morgan fingerprint density at radius 1 is 1.42 bits per heavy atom. The summed E-state index contributed by atoms with van der Waals surface area (Å²) in [5.41, 5.74) is 2.82. The van der Waals surface area contributed by atoms with Crippen molar-refractivity contribution in [2.45, 2.75) is 12.2 Å². The van der Waals surface area contributed by atoms with E-state index in [0.29, 0.717) is 5.25 Å². The first kappa shape index (κ1) is 14.6. The minimum atomic E-state index is 0.0383. The number of carbonyl (C=O) groups excluding carboxylic acids is 1. The Morgan fingerprint density at radius 3 is 2.89 bits per heavy atom. The molecule has 1 aliphatic rings. The summed E-state index contributed by atoms with van der Waals surface area (Å²) in [5.74, 6) is 3.61. The van der Waals surface area contributed by atoms with Gasteiger partial charge in [-0.05, 0) is 30.7 Å². The Bertz CT molecular complexity index is 445. The molecule has 1 unspecified atom stereocenters. The summed E-state index contributed by atoms with van der Waals surface area (Å²) in [6.07, 6.45) is 0. The van der Waals surface area contributed by atoms with Gasteiger partial charge >= 0.3 is 0 Å². The number of nitrogens with one attached hydrogen (secondary N) is 2. The van der Waals surface area contributed by atoms with Crippen molar-refractivity contribution >= 4 is 35.1 Å². The highest BCUT2D eigenvalue weighted by atomic mass is 32.2. The predicted octanol–water partition coefficient (Wildman–Crippen LogP) is 2.62. The lowest BCUT2D eigenvalue weighted by atomic mass is 10.1. The highest BCUT2D eigenvalue weighted by molar-refractivity contribution is 8.06. The van der Waals surface area contributed by atoms with E-state index >= 15 is 0 Å². The zero-order chi connectivity index (χ0) is 13.7. The Morgan fingerprint density at radius 2 is 2.26 bits per heavy atom. The van der Waals surface area contributed by atoms with Gasteiger partial charge in [-0.1, -0.05) is 0 Å². The third-order valence-electron chi connectivity index (χ3n) is 3.13. The van der Waals surface area contributed by atoms with Crippen molar-refractivity contribution in [3.63, 3.8) is 0 Å². The fourth-order valence-corrected chi connectivity index (χ4v) is 4.64. The van der Waals surface area contributed by atoms with Crippen LogP contribution in [-0.4, -0.2) is 42.0 Å². The zero-order valence-corrected chi connectivity index (χ0v) is 13.0. The van der Waals surface area contributed by atoms with Gasteiger partial charge in [-0.15, -0.1) is 0 Å². The van der Waals surface area contributed by atoms with Crippen LogP contribution in [0.15, 0.2) is 18.2 Å². The van der Waals surface area contributed by atoms with E-state index < -0.39 is 0 Å². The second kappa shape index (κ2) is 7.10. The minimum absolute atomic E-state index is 0.0383. The van der Waals surface area contributed by atoms with Gasteiger partial charge < -0.3 is 10.6 Å². The molecule has 1 atom stereocenters. The lowest BCUT2D eigenvalue weighted by Crippen LogP contribution is -2.33. The molecule has 5 heteroatoms. The monoisotopic (exact) mass is 296 g/mol. The normalized spacial score (nSPS) is 18.9. The second-order valence-electron chi connectivity index (χ2n) is 4.56. The van der Waals surface area contributed by atoms with Crippen LogP contribution >= 0.6 is 23.5 Å². The quantitative estimate of drug-likeness (QED) is 0.896. The Labute approximate surface area is 123 Å². The van der Waals surface area contributed by atoms with Crippen LogP contribution in [0.2, 0.25) is 0 Å². The van der Waals surface area contributed by atoms with E-state index in [1.807, 2.05) is 55.7 Å². The van der Waals surface area contributed by atoms with Gasteiger partial charge in [0.1, 0.15) is 0 Å². The first-order chi connectivity index (χ1) is 9.20. The largest absolute Gasteiger partial charge is 0.388 e. The average Bonchev–Trinajstić information content (AvgIpc) is 2.45. The van der Waals surface area contributed by atoms with Gasteiger partial charge in [-0.3, -0.25) is 4.79 Å². The molecule has 1 aromatic carbocycles. The Kier molecular flexibility index (Phi) is 5.45. The number of anilines is 1. The van der Waals surface area contributed by atoms with E-state index in [9.17, 15) is 4.79 Å². The van der Waals surface area contributed by atoms with E-state index in [0.717, 1.165) is 29.1 Å². The first-order valence-corrected chi connectivity index (χ1v) is 8.67. The maximum absolute atomic E-state index is 12.2. The molecule has 0 aromatic heterocycles. The highest BCUT2D eigenvalue weighted by Crippen LogP contribution is 2.23. The van der Waals surface area contributed by atoms with E-state index in [1.165, 1.54) is 11.5 Å². The molecule has 3 nitrogen and oxygen atoms in total. The predicted molar refractivity (Wildman–Crippen MR) is 86.6 cm³/mol. The van der Waals surface area contributed by atoms with Crippen LogP contribution in [-0.2, 0) is 0 Å². The number of hydrogen-bond donors (Lipinski definition) is 2. The van der Waals surface area contributed by atoms with Crippen molar-refractivity contribution in [3.05, 3.63) is 29.3 Å². The molecular formula is C14H20N2OS2. The number of benzene rings is 1. The number of carbonyl (C=O) groups is 1. The van der Waals surface area contributed by atoms with E-state index in [1.54, 1.807) is 0 Å². The molecule has 19 heavy (non-hydrogen) atoms. The standard InChI is InChI=1S/C14H20N2OS2/c1-10-7-11(15-2)3-4-13(10)14(17)16-8-12-9-18-5-6-19-12/h3-4,7,12,15H,5-6,8-9H2,1-2H3,(H,16,17). The molecule has 104 valence electrons. The fraction of sp³-hybridized carbons (Fsp3) is 0.500. The highest BCUT2D eigenvalue weighted by Gasteiger charge is 2.16. The molecule has 0 bridgehead atoms. The number of amides is 1. The molecule has 1 fully saturated rings. The first-order valence-electron chi connectivity index (χ1n) is 6.46. The molecule has 2 N–H and O–H groups in total. The number of hydrogen-bond acceptors (Lipinski definition) is 4. The minimum Gasteiger partial charge on any atom is -0.388 e. The van der Waals surface area contributed by atoms with Crippen LogP contribution in [0.3, 0.4) is 0 Å². The number of aryl methyl sites for hydroxylation is 1. The van der Waals surface area contributed by atoms with Crippen LogP contribution in [0.5, 0.6) is 0 Å². The molecule has 2 rings (SSSR count). The van der Waals surface area contributed by atoms with Gasteiger partial charge in [-0.25, -0.2) is 0 Å². The Hall–Kier alpha value is -0.810. The smallest absolute Gasteiger partial charge is 0.251 e. The number of thioether (sulfide) groups is 2. The van der Waals surface area contributed by atoms with E-state index in [2.05, 4.69) is 10.6 Å². The van der Waals surface area contributed by atoms with Gasteiger partial charge in [0.25, 0.3) is 5.91 Å². The summed E-state index contributed by atoms with van der Waals surface area (Å²) >= 11 is 3.94. The van der Waals surface area contributed by atoms with Gasteiger partial charge in [0, 0.05) is 47.4 Å². The molecule has 1 aromatic rings. The van der Waals surface area contributed by atoms with Crippen molar-refractivity contribution in [1.29, 1.82) is 0 Å². The van der Waals surface area contributed by atoms with Crippen molar-refractivity contribution in [2.24, 2.45) is 0 Å². The maximum atomic E-state index is 12.2. The fourth-order valence-electron chi connectivity index (χ4n) is 2.03.